The van der Waals surface area contributed by atoms with E-state index in [0.717, 1.165) is 62.4 Å². The van der Waals surface area contributed by atoms with Crippen molar-refractivity contribution in [3.8, 4) is 0 Å². The number of pyridine rings is 2. The molecule has 3 fully saturated rings. The highest BCUT2D eigenvalue weighted by atomic mass is 16.5. The summed E-state index contributed by atoms with van der Waals surface area (Å²) < 4.78 is 6.54. The molecule has 1 aliphatic carbocycles. The monoisotopic (exact) mass is 565 g/mol. The quantitative estimate of drug-likeness (QED) is 0.352. The molecule has 3 aromatic heterocycles. The molecular weight excluding hydrogens is 530 g/mol. The lowest BCUT2D eigenvalue weighted by Gasteiger charge is -2.59. The van der Waals surface area contributed by atoms with Crippen molar-refractivity contribution in [3.63, 3.8) is 0 Å². The Hall–Kier alpha value is -4.47. The number of amides is 1. The lowest BCUT2D eigenvalue weighted by Crippen LogP contribution is -2.66. The van der Waals surface area contributed by atoms with Crippen molar-refractivity contribution < 1.29 is 14.3 Å². The number of nitrogens with one attached hydrogen (secondary N) is 1. The molecule has 42 heavy (non-hydrogen) atoms. The van der Waals surface area contributed by atoms with Crippen molar-refractivity contribution in [3.05, 3.63) is 83.6 Å². The van der Waals surface area contributed by atoms with E-state index in [-0.39, 0.29) is 28.6 Å². The third kappa shape index (κ3) is 4.55. The summed E-state index contributed by atoms with van der Waals surface area (Å²) in [5, 5.41) is 7.72. The van der Waals surface area contributed by atoms with E-state index in [1.54, 1.807) is 16.8 Å². The van der Waals surface area contributed by atoms with Gasteiger partial charge in [0.2, 0.25) is 5.82 Å². The average Bonchev–Trinajstić information content (AvgIpc) is 3.59. The molecule has 216 valence electrons. The van der Waals surface area contributed by atoms with Gasteiger partial charge in [-0.3, -0.25) is 4.79 Å². The van der Waals surface area contributed by atoms with Crippen molar-refractivity contribution >= 4 is 28.9 Å². The smallest absolute Gasteiger partial charge is 0.356 e. The molecule has 10 heteroatoms. The van der Waals surface area contributed by atoms with Crippen molar-refractivity contribution in [2.75, 3.05) is 43.1 Å². The maximum Gasteiger partial charge on any atom is 0.356 e. The molecule has 5 heterocycles. The number of anilines is 2. The Bertz CT molecular complexity index is 1670. The van der Waals surface area contributed by atoms with Gasteiger partial charge in [0.25, 0.3) is 5.91 Å². The summed E-state index contributed by atoms with van der Waals surface area (Å²) in [6, 6.07) is 16.6. The fourth-order valence-electron chi connectivity index (χ4n) is 7.03. The Morgan fingerprint density at radius 2 is 1.81 bits per heavy atom. The molecule has 3 aliphatic rings. The summed E-state index contributed by atoms with van der Waals surface area (Å²) in [5.74, 6) is -0.466. The molecule has 1 saturated carbocycles. The predicted octanol–water partition coefficient (Wildman–Crippen LogP) is 3.79. The Morgan fingerprint density at radius 3 is 2.57 bits per heavy atom. The highest BCUT2D eigenvalue weighted by Gasteiger charge is 2.53. The standard InChI is InChI=1S/C32H35N7O3/c1-21-13-25(37-12-10-31(2,18-37)22-7-5-4-6-8-22)17-39-28(21)35-27(36-39)29(40)34-23-15-32(16-23)19-38(20-32)24-9-11-33-26(14-24)30(41)42-3/h4-9,11,13-14,17,23H,10,12,15-16,18-20H2,1-3H3,(H,34,40)/t31-/m0/s1. The minimum Gasteiger partial charge on any atom is -0.464 e. The number of ether oxygens (including phenoxy) is 1. The normalized spacial score (nSPS) is 21.3. The van der Waals surface area contributed by atoms with E-state index in [4.69, 9.17) is 4.74 Å². The summed E-state index contributed by atoms with van der Waals surface area (Å²) in [6.45, 7) is 8.02. The van der Waals surface area contributed by atoms with Gasteiger partial charge in [-0.05, 0) is 55.5 Å². The van der Waals surface area contributed by atoms with Crippen LogP contribution in [0.3, 0.4) is 0 Å². The molecule has 1 atom stereocenters. The third-order valence-corrected chi connectivity index (χ3v) is 9.36. The van der Waals surface area contributed by atoms with Crippen LogP contribution in [0.5, 0.6) is 0 Å². The lowest BCUT2D eigenvalue weighted by atomic mass is 9.60. The van der Waals surface area contributed by atoms with Crippen LogP contribution < -0.4 is 15.1 Å². The molecule has 0 radical (unpaired) electrons. The zero-order chi connectivity index (χ0) is 29.1. The van der Waals surface area contributed by atoms with Crippen LogP contribution in [-0.2, 0) is 10.2 Å². The lowest BCUT2D eigenvalue weighted by molar-refractivity contribution is 0.0438. The number of benzene rings is 1. The second-order valence-electron chi connectivity index (χ2n) is 12.5. The molecule has 2 saturated heterocycles. The summed E-state index contributed by atoms with van der Waals surface area (Å²) in [6.07, 6.45) is 6.53. The third-order valence-electron chi connectivity index (χ3n) is 9.36. The number of hydrogen-bond acceptors (Lipinski definition) is 8. The Labute approximate surface area is 244 Å². The van der Waals surface area contributed by atoms with Crippen LogP contribution in [0.25, 0.3) is 5.65 Å². The number of methoxy groups -OCH3 is 1. The molecule has 7 rings (SSSR count). The number of aryl methyl sites for hydroxylation is 1. The SMILES string of the molecule is COC(=O)c1cc(N2CC3(CC(NC(=O)c4nc5c(C)cc(N6CC[C@](C)(c7ccccc7)C6)cn5n4)C3)C2)ccn1. The van der Waals surface area contributed by atoms with Gasteiger partial charge in [-0.1, -0.05) is 37.3 Å². The molecule has 1 N–H and O–H groups in total. The number of esters is 1. The summed E-state index contributed by atoms with van der Waals surface area (Å²) >= 11 is 0. The van der Waals surface area contributed by atoms with Gasteiger partial charge >= 0.3 is 5.97 Å². The van der Waals surface area contributed by atoms with Gasteiger partial charge in [-0.25, -0.2) is 19.3 Å². The first-order chi connectivity index (χ1) is 20.2. The van der Waals surface area contributed by atoms with Gasteiger partial charge in [0, 0.05) is 54.9 Å². The van der Waals surface area contributed by atoms with E-state index in [1.165, 1.54) is 12.7 Å². The van der Waals surface area contributed by atoms with Crippen molar-refractivity contribution in [2.24, 2.45) is 5.41 Å². The number of rotatable bonds is 6. The second kappa shape index (κ2) is 9.82. The average molecular weight is 566 g/mol. The van der Waals surface area contributed by atoms with E-state index in [0.29, 0.717) is 11.3 Å². The zero-order valence-corrected chi connectivity index (χ0v) is 24.2. The van der Waals surface area contributed by atoms with Crippen LogP contribution in [0.4, 0.5) is 11.4 Å². The zero-order valence-electron chi connectivity index (χ0n) is 24.2. The first-order valence-electron chi connectivity index (χ1n) is 14.5. The molecule has 1 aromatic carbocycles. The van der Waals surface area contributed by atoms with Crippen molar-refractivity contribution in [1.29, 1.82) is 0 Å². The number of fused-ring (bicyclic) bond motifs is 1. The molecule has 0 bridgehead atoms. The van der Waals surface area contributed by atoms with E-state index in [1.807, 2.05) is 19.2 Å². The van der Waals surface area contributed by atoms with Crippen molar-refractivity contribution in [2.45, 2.75) is 44.6 Å². The topological polar surface area (TPSA) is 105 Å². The maximum atomic E-state index is 13.1. The van der Waals surface area contributed by atoms with Gasteiger partial charge in [-0.15, -0.1) is 5.10 Å². The predicted molar refractivity (Wildman–Crippen MR) is 159 cm³/mol. The van der Waals surface area contributed by atoms with Crippen LogP contribution in [-0.4, -0.2) is 70.8 Å². The highest BCUT2D eigenvalue weighted by Crippen LogP contribution is 2.49. The van der Waals surface area contributed by atoms with Crippen LogP contribution >= 0.6 is 0 Å². The van der Waals surface area contributed by atoms with E-state index in [9.17, 15) is 9.59 Å². The minimum atomic E-state index is -0.437. The molecule has 1 amide bonds. The number of hydrogen-bond donors (Lipinski definition) is 1. The van der Waals surface area contributed by atoms with Gasteiger partial charge in [0.15, 0.2) is 5.65 Å². The van der Waals surface area contributed by atoms with Gasteiger partial charge in [0.05, 0.1) is 19.0 Å². The number of nitrogens with zero attached hydrogens (tertiary/aromatic N) is 6. The van der Waals surface area contributed by atoms with Gasteiger partial charge in [-0.2, -0.15) is 0 Å². The molecule has 2 aliphatic heterocycles. The maximum absolute atomic E-state index is 13.1. The van der Waals surface area contributed by atoms with E-state index in [2.05, 4.69) is 73.5 Å². The van der Waals surface area contributed by atoms with Crippen LogP contribution in [0.2, 0.25) is 0 Å². The van der Waals surface area contributed by atoms with Gasteiger partial charge < -0.3 is 19.9 Å². The summed E-state index contributed by atoms with van der Waals surface area (Å²) in [4.78, 5) is 38.3. The number of carbonyl (C=O) groups is 2. The second-order valence-corrected chi connectivity index (χ2v) is 12.5. The Balaban J connectivity index is 0.974. The number of carbonyl (C=O) groups excluding carboxylic acids is 2. The fourth-order valence-corrected chi connectivity index (χ4v) is 7.03. The van der Waals surface area contributed by atoms with Crippen molar-refractivity contribution in [1.82, 2.24) is 24.9 Å². The highest BCUT2D eigenvalue weighted by molar-refractivity contribution is 5.91. The first-order valence-corrected chi connectivity index (χ1v) is 14.5. The molecule has 0 unspecified atom stereocenters. The van der Waals surface area contributed by atoms with Gasteiger partial charge in [0.1, 0.15) is 5.69 Å². The fraction of sp³-hybridized carbons (Fsp3) is 0.406. The first kappa shape index (κ1) is 26.4. The summed E-state index contributed by atoms with van der Waals surface area (Å²) in [5.41, 5.74) is 5.72. The largest absolute Gasteiger partial charge is 0.464 e. The number of aromatic nitrogens is 4. The minimum absolute atomic E-state index is 0.0967. The molecule has 10 nitrogen and oxygen atoms in total. The van der Waals surface area contributed by atoms with E-state index >= 15 is 0 Å². The Kier molecular flexibility index (Phi) is 6.18. The van der Waals surface area contributed by atoms with E-state index < -0.39 is 5.97 Å². The Morgan fingerprint density at radius 1 is 1.02 bits per heavy atom. The summed E-state index contributed by atoms with van der Waals surface area (Å²) in [7, 11) is 1.36. The van der Waals surface area contributed by atoms with Crippen LogP contribution in [0.1, 0.15) is 58.4 Å². The molecule has 1 spiro atoms. The van der Waals surface area contributed by atoms with Crippen LogP contribution in [0.15, 0.2) is 60.9 Å². The molecular formula is C32H35N7O3. The van der Waals surface area contributed by atoms with Crippen LogP contribution in [0, 0.1) is 12.3 Å². The molecule has 4 aromatic rings.